The third-order valence-corrected chi connectivity index (χ3v) is 13.6. The van der Waals surface area contributed by atoms with Crippen molar-refractivity contribution in [2.75, 3.05) is 9.80 Å². The monoisotopic (exact) mass is 786 g/mol. The second kappa shape index (κ2) is 15.7. The summed E-state index contributed by atoms with van der Waals surface area (Å²) in [4.78, 5) is 6.21. The molecule has 0 saturated heterocycles. The van der Waals surface area contributed by atoms with Crippen LogP contribution in [0.3, 0.4) is 0 Å². The van der Waals surface area contributed by atoms with Gasteiger partial charge >= 0.3 is 0 Å². The molecule has 0 spiro atoms. The molecular formula is C54H46N2S2. The van der Waals surface area contributed by atoms with E-state index in [0.717, 1.165) is 33.9 Å². The van der Waals surface area contributed by atoms with E-state index in [-0.39, 0.29) is 11.2 Å². The maximum absolute atomic E-state index is 4.11. The number of thiophene rings is 1. The summed E-state index contributed by atoms with van der Waals surface area (Å²) < 4.78 is 0. The zero-order chi connectivity index (χ0) is 39.9. The summed E-state index contributed by atoms with van der Waals surface area (Å²) in [6, 6.07) is 55.9. The first-order valence-corrected chi connectivity index (χ1v) is 21.6. The highest BCUT2D eigenvalue weighted by molar-refractivity contribution is 8.04. The lowest BCUT2D eigenvalue weighted by Gasteiger charge is -2.33. The third-order valence-electron chi connectivity index (χ3n) is 11.1. The molecule has 2 unspecified atom stereocenters. The fourth-order valence-corrected chi connectivity index (χ4v) is 11.3. The minimum absolute atomic E-state index is 0.111. The molecule has 9 rings (SSSR count). The Kier molecular flexibility index (Phi) is 10.2. The van der Waals surface area contributed by atoms with Gasteiger partial charge in [0.05, 0.1) is 5.03 Å². The smallest absolute Gasteiger partial charge is 0.101 e. The number of rotatable bonds is 10. The van der Waals surface area contributed by atoms with Crippen molar-refractivity contribution >= 4 is 68.6 Å². The summed E-state index contributed by atoms with van der Waals surface area (Å²) in [7, 11) is 0. The van der Waals surface area contributed by atoms with E-state index in [1.54, 1.807) is 0 Å². The standard InChI is InChI=1S/C54H46N2S2/c1-7-39-19-13-25-45(31-39)55(43-23-11-17-37(5)29-43)49-33-47-51(41-21-9-15-35(3)27-41)54-48(52(53(47)57-49)42-22-10-16-36(4)28-42)34-50(58-54)56(44-24-12-18-38(6)30-44)46-26-14-20-40(8-2)32-46/h7-34,51,54H,1-2H2,3-6H3. The molecule has 7 aromatic rings. The van der Waals surface area contributed by atoms with Gasteiger partial charge in [0, 0.05) is 44.4 Å². The molecule has 4 heteroatoms. The maximum Gasteiger partial charge on any atom is 0.101 e. The Labute approximate surface area is 351 Å². The number of hydrogen-bond acceptors (Lipinski definition) is 4. The number of nitrogens with zero attached hydrogens (tertiary/aromatic N) is 2. The number of benzene rings is 6. The molecule has 0 N–H and O–H groups in total. The van der Waals surface area contributed by atoms with Crippen molar-refractivity contribution in [3.63, 3.8) is 0 Å². The summed E-state index contributed by atoms with van der Waals surface area (Å²) >= 11 is 3.89. The summed E-state index contributed by atoms with van der Waals surface area (Å²) in [5.41, 5.74) is 18.3. The van der Waals surface area contributed by atoms with Gasteiger partial charge in [0.25, 0.3) is 0 Å². The second-order valence-corrected chi connectivity index (χ2v) is 17.6. The maximum atomic E-state index is 4.11. The van der Waals surface area contributed by atoms with Crippen molar-refractivity contribution in [2.45, 2.75) is 38.9 Å². The Balaban J connectivity index is 1.32. The SMILES string of the molecule is C=Cc1cccc(N(C2=CC3=C(c4cccc(C)c4)c4sc(N(c5cccc(C)c5)c5cccc(C=C)c5)cc4C(c4cccc(C)c4)C3S2)c2cccc(C)c2)c1. The molecule has 0 amide bonds. The van der Waals surface area contributed by atoms with Gasteiger partial charge in [-0.3, -0.25) is 0 Å². The van der Waals surface area contributed by atoms with Crippen LogP contribution in [0, 0.1) is 27.7 Å². The lowest BCUT2D eigenvalue weighted by Crippen LogP contribution is -2.23. The minimum Gasteiger partial charge on any atom is -0.305 e. The molecule has 1 aromatic heterocycles. The van der Waals surface area contributed by atoms with Crippen molar-refractivity contribution in [1.29, 1.82) is 0 Å². The molecule has 6 aromatic carbocycles. The first kappa shape index (κ1) is 37.5. The molecule has 0 saturated carbocycles. The number of aryl methyl sites for hydroxylation is 4. The van der Waals surface area contributed by atoms with E-state index in [0.29, 0.717) is 0 Å². The highest BCUT2D eigenvalue weighted by atomic mass is 32.2. The first-order chi connectivity index (χ1) is 28.3. The number of fused-ring (bicyclic) bond motifs is 2. The van der Waals surface area contributed by atoms with Gasteiger partial charge in [-0.05, 0) is 133 Å². The van der Waals surface area contributed by atoms with Crippen LogP contribution in [0.1, 0.15) is 60.9 Å². The minimum atomic E-state index is 0.111. The molecule has 2 heterocycles. The van der Waals surface area contributed by atoms with Gasteiger partial charge < -0.3 is 9.80 Å². The predicted molar refractivity (Wildman–Crippen MR) is 253 cm³/mol. The lowest BCUT2D eigenvalue weighted by molar-refractivity contribution is 0.821. The molecule has 1 aliphatic carbocycles. The topological polar surface area (TPSA) is 6.48 Å². The Bertz CT molecular complexity index is 2780. The van der Waals surface area contributed by atoms with Crippen LogP contribution in [-0.2, 0) is 0 Å². The summed E-state index contributed by atoms with van der Waals surface area (Å²) in [5, 5.41) is 2.54. The van der Waals surface area contributed by atoms with Crippen LogP contribution in [0.2, 0.25) is 0 Å². The lowest BCUT2D eigenvalue weighted by atomic mass is 9.76. The predicted octanol–water partition coefficient (Wildman–Crippen LogP) is 15.5. The van der Waals surface area contributed by atoms with Crippen molar-refractivity contribution in [2.24, 2.45) is 0 Å². The molecule has 1 aliphatic heterocycles. The highest BCUT2D eigenvalue weighted by Crippen LogP contribution is 2.59. The first-order valence-electron chi connectivity index (χ1n) is 19.9. The van der Waals surface area contributed by atoms with E-state index >= 15 is 0 Å². The average molecular weight is 787 g/mol. The molecule has 284 valence electrons. The van der Waals surface area contributed by atoms with E-state index in [4.69, 9.17) is 0 Å². The summed E-state index contributed by atoms with van der Waals surface area (Å²) in [6.07, 6.45) is 6.36. The van der Waals surface area contributed by atoms with E-state index in [1.165, 1.54) is 65.0 Å². The quantitative estimate of drug-likeness (QED) is 0.136. The number of thioether (sulfide) groups is 1. The molecule has 0 fully saturated rings. The van der Waals surface area contributed by atoms with Gasteiger partial charge in [-0.25, -0.2) is 0 Å². The highest BCUT2D eigenvalue weighted by Gasteiger charge is 2.43. The van der Waals surface area contributed by atoms with Gasteiger partial charge in [0.1, 0.15) is 5.00 Å². The molecular weight excluding hydrogens is 741 g/mol. The van der Waals surface area contributed by atoms with Crippen LogP contribution in [-0.4, -0.2) is 5.25 Å². The van der Waals surface area contributed by atoms with Crippen LogP contribution in [0.25, 0.3) is 17.7 Å². The van der Waals surface area contributed by atoms with Crippen LogP contribution in [0.15, 0.2) is 181 Å². The molecule has 2 nitrogen and oxygen atoms in total. The van der Waals surface area contributed by atoms with Crippen molar-refractivity contribution in [1.82, 2.24) is 0 Å². The number of anilines is 5. The largest absolute Gasteiger partial charge is 0.305 e. The van der Waals surface area contributed by atoms with Gasteiger partial charge in [-0.15, -0.1) is 11.3 Å². The van der Waals surface area contributed by atoms with Gasteiger partial charge in [0.15, 0.2) is 0 Å². The number of allylic oxidation sites excluding steroid dienone is 1. The fraction of sp³-hybridized carbons (Fsp3) is 0.111. The third kappa shape index (κ3) is 7.08. The average Bonchev–Trinajstić information content (AvgIpc) is 3.85. The van der Waals surface area contributed by atoms with Crippen molar-refractivity contribution < 1.29 is 0 Å². The Morgan fingerprint density at radius 1 is 0.534 bits per heavy atom. The zero-order valence-electron chi connectivity index (χ0n) is 33.4. The Hall–Kier alpha value is -6.07. The molecule has 58 heavy (non-hydrogen) atoms. The summed E-state index contributed by atoms with van der Waals surface area (Å²) in [5.74, 6) is 0.111. The van der Waals surface area contributed by atoms with Crippen molar-refractivity contribution in [3.05, 3.63) is 236 Å². The van der Waals surface area contributed by atoms with Gasteiger partial charge in [0.2, 0.25) is 0 Å². The van der Waals surface area contributed by atoms with E-state index < -0.39 is 0 Å². The second-order valence-electron chi connectivity index (χ2n) is 15.4. The normalized spacial score (nSPS) is 15.7. The Morgan fingerprint density at radius 2 is 1.05 bits per heavy atom. The van der Waals surface area contributed by atoms with Crippen LogP contribution in [0.4, 0.5) is 27.8 Å². The van der Waals surface area contributed by atoms with E-state index in [2.05, 4.69) is 208 Å². The van der Waals surface area contributed by atoms with Crippen LogP contribution < -0.4 is 9.80 Å². The van der Waals surface area contributed by atoms with Crippen LogP contribution >= 0.6 is 23.1 Å². The van der Waals surface area contributed by atoms with Gasteiger partial charge in [-0.2, -0.15) is 0 Å². The zero-order valence-corrected chi connectivity index (χ0v) is 35.1. The number of hydrogen-bond donors (Lipinski definition) is 0. The van der Waals surface area contributed by atoms with Gasteiger partial charge in [-0.1, -0.05) is 145 Å². The summed E-state index contributed by atoms with van der Waals surface area (Å²) in [6.45, 7) is 17.0. The molecule has 0 radical (unpaired) electrons. The molecule has 2 atom stereocenters. The van der Waals surface area contributed by atoms with E-state index in [9.17, 15) is 0 Å². The van der Waals surface area contributed by atoms with Crippen molar-refractivity contribution in [3.8, 4) is 0 Å². The fourth-order valence-electron chi connectivity index (χ4n) is 8.48. The van der Waals surface area contributed by atoms with E-state index in [1.807, 2.05) is 35.3 Å². The molecule has 0 bridgehead atoms. The Morgan fingerprint density at radius 3 is 1.64 bits per heavy atom. The van der Waals surface area contributed by atoms with Crippen LogP contribution in [0.5, 0.6) is 0 Å². The molecule has 2 aliphatic rings.